The van der Waals surface area contributed by atoms with Crippen molar-refractivity contribution in [3.05, 3.63) is 30.2 Å². The van der Waals surface area contributed by atoms with Crippen LogP contribution in [-0.4, -0.2) is 28.8 Å². The highest BCUT2D eigenvalue weighted by Crippen LogP contribution is 2.23. The van der Waals surface area contributed by atoms with Gasteiger partial charge in [-0.25, -0.2) is 13.4 Å². The van der Waals surface area contributed by atoms with E-state index in [1.165, 1.54) is 0 Å². The lowest BCUT2D eigenvalue weighted by Crippen LogP contribution is -2.30. The zero-order valence-electron chi connectivity index (χ0n) is 10.6. The van der Waals surface area contributed by atoms with Crippen LogP contribution in [0.25, 0.3) is 5.65 Å². The van der Waals surface area contributed by atoms with Gasteiger partial charge in [0.15, 0.2) is 9.84 Å². The normalized spacial score (nSPS) is 22.6. The lowest BCUT2D eigenvalue weighted by atomic mass is 10.1. The van der Waals surface area contributed by atoms with E-state index in [-0.39, 0.29) is 5.25 Å². The molecule has 1 unspecified atom stereocenters. The fourth-order valence-corrected chi connectivity index (χ4v) is 4.53. The predicted octanol–water partition coefficient (Wildman–Crippen LogP) is 1.43. The lowest BCUT2D eigenvalue weighted by molar-refractivity contribution is 0.536. The largest absolute Gasteiger partial charge is 0.398 e. The molecule has 102 valence electrons. The highest BCUT2D eigenvalue weighted by molar-refractivity contribution is 7.92. The van der Waals surface area contributed by atoms with Crippen LogP contribution in [0.15, 0.2) is 24.5 Å². The molecule has 0 bridgehead atoms. The van der Waals surface area contributed by atoms with Gasteiger partial charge in [0, 0.05) is 24.5 Å². The van der Waals surface area contributed by atoms with Crippen molar-refractivity contribution in [3.63, 3.8) is 0 Å². The highest BCUT2D eigenvalue weighted by Gasteiger charge is 2.29. The number of aromatic nitrogens is 2. The summed E-state index contributed by atoms with van der Waals surface area (Å²) in [7, 11) is -2.94. The Balaban J connectivity index is 1.88. The Hall–Kier alpha value is -1.56. The summed E-state index contributed by atoms with van der Waals surface area (Å²) < 4.78 is 25.8. The first-order valence-electron chi connectivity index (χ1n) is 6.49. The maximum absolute atomic E-state index is 12.0. The minimum Gasteiger partial charge on any atom is -0.398 e. The van der Waals surface area contributed by atoms with Crippen molar-refractivity contribution in [2.24, 2.45) is 0 Å². The van der Waals surface area contributed by atoms with Gasteiger partial charge in [-0.05, 0) is 25.0 Å². The zero-order valence-corrected chi connectivity index (χ0v) is 11.4. The molecule has 1 aliphatic heterocycles. The molecule has 0 aliphatic carbocycles. The summed E-state index contributed by atoms with van der Waals surface area (Å²) in [4.78, 5) is 4.46. The third kappa shape index (κ3) is 2.45. The lowest BCUT2D eigenvalue weighted by Gasteiger charge is -2.21. The van der Waals surface area contributed by atoms with Crippen LogP contribution in [0, 0.1) is 0 Å². The number of rotatable bonds is 2. The molecule has 0 radical (unpaired) electrons. The van der Waals surface area contributed by atoms with Crippen molar-refractivity contribution in [1.82, 2.24) is 9.38 Å². The molecule has 2 aromatic heterocycles. The molecule has 1 aliphatic rings. The molecule has 3 heterocycles. The average Bonchev–Trinajstić information content (AvgIpc) is 2.73. The first-order chi connectivity index (χ1) is 9.04. The number of fused-ring (bicyclic) bond motifs is 1. The van der Waals surface area contributed by atoms with Crippen LogP contribution >= 0.6 is 0 Å². The quantitative estimate of drug-likeness (QED) is 0.902. The second kappa shape index (κ2) is 4.52. The van der Waals surface area contributed by atoms with E-state index in [1.54, 1.807) is 12.3 Å². The van der Waals surface area contributed by atoms with Gasteiger partial charge in [0.2, 0.25) is 0 Å². The zero-order chi connectivity index (χ0) is 13.5. The fraction of sp³-hybridized carbons (Fsp3) is 0.462. The smallest absolute Gasteiger partial charge is 0.153 e. The van der Waals surface area contributed by atoms with E-state index >= 15 is 0 Å². The molecule has 0 saturated carbocycles. The molecule has 6 heteroatoms. The van der Waals surface area contributed by atoms with Gasteiger partial charge in [-0.2, -0.15) is 0 Å². The Morgan fingerprint density at radius 2 is 2.16 bits per heavy atom. The number of nitrogens with zero attached hydrogens (tertiary/aromatic N) is 2. The second-order valence-corrected chi connectivity index (χ2v) is 7.55. The molecule has 0 spiro atoms. The van der Waals surface area contributed by atoms with Crippen molar-refractivity contribution < 1.29 is 8.42 Å². The van der Waals surface area contributed by atoms with Crippen molar-refractivity contribution in [3.8, 4) is 0 Å². The van der Waals surface area contributed by atoms with E-state index in [4.69, 9.17) is 5.73 Å². The van der Waals surface area contributed by atoms with Crippen LogP contribution in [0.1, 0.15) is 25.0 Å². The summed E-state index contributed by atoms with van der Waals surface area (Å²) in [5.41, 5.74) is 8.01. The van der Waals surface area contributed by atoms with Crippen LogP contribution in [0.2, 0.25) is 0 Å². The third-order valence-electron chi connectivity index (χ3n) is 3.67. The molecule has 3 rings (SSSR count). The standard InChI is InChI=1S/C13H17N3O2S/c14-10-4-5-13-15-11(9-16(13)8-10)7-12-3-1-2-6-19(12,17)18/h4-5,8-9,12H,1-3,6-7,14H2. The minimum absolute atomic E-state index is 0.275. The molecule has 19 heavy (non-hydrogen) atoms. The first-order valence-corrected chi connectivity index (χ1v) is 8.21. The number of nitrogens with two attached hydrogens (primary N) is 1. The SMILES string of the molecule is Nc1ccc2nc(CC3CCCCS3(=O)=O)cn2c1. The fourth-order valence-electron chi connectivity index (χ4n) is 2.64. The topological polar surface area (TPSA) is 77.5 Å². The molecule has 2 aromatic rings. The Labute approximate surface area is 112 Å². The number of hydrogen-bond donors (Lipinski definition) is 1. The molecule has 0 amide bonds. The van der Waals surface area contributed by atoms with E-state index in [1.807, 2.05) is 16.7 Å². The summed E-state index contributed by atoms with van der Waals surface area (Å²) in [6, 6.07) is 3.64. The average molecular weight is 279 g/mol. The van der Waals surface area contributed by atoms with E-state index in [0.29, 0.717) is 17.9 Å². The van der Waals surface area contributed by atoms with Gasteiger partial charge in [-0.3, -0.25) is 0 Å². The molecule has 0 aromatic carbocycles. The van der Waals surface area contributed by atoms with Gasteiger partial charge in [-0.15, -0.1) is 0 Å². The number of imidazole rings is 1. The van der Waals surface area contributed by atoms with Crippen molar-refractivity contribution >= 4 is 21.2 Å². The van der Waals surface area contributed by atoms with Crippen molar-refractivity contribution in [1.29, 1.82) is 0 Å². The van der Waals surface area contributed by atoms with Gasteiger partial charge in [-0.1, -0.05) is 6.42 Å². The Morgan fingerprint density at radius 1 is 1.32 bits per heavy atom. The molecule has 2 N–H and O–H groups in total. The van der Waals surface area contributed by atoms with E-state index in [2.05, 4.69) is 4.98 Å². The van der Waals surface area contributed by atoms with Crippen molar-refractivity contribution in [2.75, 3.05) is 11.5 Å². The summed E-state index contributed by atoms with van der Waals surface area (Å²) in [6.45, 7) is 0. The number of anilines is 1. The van der Waals surface area contributed by atoms with Crippen LogP contribution in [0.4, 0.5) is 5.69 Å². The van der Waals surface area contributed by atoms with Gasteiger partial charge >= 0.3 is 0 Å². The maximum atomic E-state index is 12.0. The number of sulfone groups is 1. The molecular formula is C13H17N3O2S. The number of nitrogen functional groups attached to an aromatic ring is 1. The van der Waals surface area contributed by atoms with Gasteiger partial charge in [0.05, 0.1) is 16.7 Å². The van der Waals surface area contributed by atoms with Gasteiger partial charge < -0.3 is 10.1 Å². The number of pyridine rings is 1. The predicted molar refractivity (Wildman–Crippen MR) is 74.7 cm³/mol. The second-order valence-electron chi connectivity index (χ2n) is 5.15. The van der Waals surface area contributed by atoms with Crippen LogP contribution in [0.5, 0.6) is 0 Å². The van der Waals surface area contributed by atoms with Crippen LogP contribution < -0.4 is 5.73 Å². The molecular weight excluding hydrogens is 262 g/mol. The summed E-state index contributed by atoms with van der Waals surface area (Å²) >= 11 is 0. The van der Waals surface area contributed by atoms with Crippen molar-refractivity contribution in [2.45, 2.75) is 30.9 Å². The van der Waals surface area contributed by atoms with E-state index in [9.17, 15) is 8.42 Å². The van der Waals surface area contributed by atoms with Gasteiger partial charge in [0.25, 0.3) is 0 Å². The summed E-state index contributed by atoms with van der Waals surface area (Å²) in [6.07, 6.45) is 6.70. The maximum Gasteiger partial charge on any atom is 0.153 e. The van der Waals surface area contributed by atoms with Gasteiger partial charge in [0.1, 0.15) is 5.65 Å². The molecule has 1 saturated heterocycles. The Kier molecular flexibility index (Phi) is 2.97. The van der Waals surface area contributed by atoms with Crippen LogP contribution in [0.3, 0.4) is 0 Å². The van der Waals surface area contributed by atoms with E-state index < -0.39 is 9.84 Å². The molecule has 1 fully saturated rings. The summed E-state index contributed by atoms with van der Waals surface area (Å²) in [5.74, 6) is 0.317. The highest BCUT2D eigenvalue weighted by atomic mass is 32.2. The third-order valence-corrected chi connectivity index (χ3v) is 5.95. The monoisotopic (exact) mass is 279 g/mol. The number of hydrogen-bond acceptors (Lipinski definition) is 4. The Morgan fingerprint density at radius 3 is 2.95 bits per heavy atom. The van der Waals surface area contributed by atoms with E-state index in [0.717, 1.165) is 30.6 Å². The van der Waals surface area contributed by atoms with Crippen LogP contribution in [-0.2, 0) is 16.3 Å². The summed E-state index contributed by atoms with van der Waals surface area (Å²) in [5, 5.41) is -0.275. The first kappa shape index (κ1) is 12.5. The molecule has 5 nitrogen and oxygen atoms in total. The Bertz CT molecular complexity index is 706. The minimum atomic E-state index is -2.94. The molecule has 1 atom stereocenters.